The van der Waals surface area contributed by atoms with E-state index >= 15 is 0 Å². The predicted molar refractivity (Wildman–Crippen MR) is 205 cm³/mol. The Hall–Kier alpha value is -2.72. The van der Waals surface area contributed by atoms with E-state index in [9.17, 15) is 4.79 Å². The maximum atomic E-state index is 12.1. The van der Waals surface area contributed by atoms with Gasteiger partial charge in [0, 0.05) is 72.8 Å². The van der Waals surface area contributed by atoms with Crippen molar-refractivity contribution >= 4 is 29.2 Å². The average Bonchev–Trinajstić information content (AvgIpc) is 4.04. The van der Waals surface area contributed by atoms with Crippen molar-refractivity contribution in [2.45, 2.75) is 96.1 Å². The molecule has 51 heavy (non-hydrogen) atoms. The summed E-state index contributed by atoms with van der Waals surface area (Å²) in [5, 5.41) is 5.05. The Balaban J connectivity index is 0.896. The van der Waals surface area contributed by atoms with Crippen molar-refractivity contribution in [3.8, 4) is 16.9 Å². The van der Waals surface area contributed by atoms with Crippen LogP contribution in [-0.2, 0) is 32.9 Å². The lowest BCUT2D eigenvalue weighted by atomic mass is 9.96. The molecule has 0 spiro atoms. The number of hydrogen-bond acceptors (Lipinski definition) is 8. The number of para-hydroxylation sites is 1. The molecular formula is C41H54Cl2N4O4. The van der Waals surface area contributed by atoms with Gasteiger partial charge in [-0.15, -0.1) is 0 Å². The topological polar surface area (TPSA) is 76.2 Å². The fourth-order valence-electron chi connectivity index (χ4n) is 6.73. The SMILES string of the molecule is CC(C)(C)OC(=O)CN1CCN(CCNCCCCCc2cc(Cl)c(COC3(c4cnccc4-c4ccccc4OC4CC4)CC3)cc2Cl)CC1. The number of aromatic nitrogens is 1. The number of nitrogens with zero attached hydrogens (tertiary/aromatic N) is 3. The van der Waals surface area contributed by atoms with Gasteiger partial charge in [-0.2, -0.15) is 0 Å². The first-order valence-electron chi connectivity index (χ1n) is 18.8. The van der Waals surface area contributed by atoms with Gasteiger partial charge in [0.2, 0.25) is 0 Å². The van der Waals surface area contributed by atoms with Crippen molar-refractivity contribution in [1.29, 1.82) is 0 Å². The summed E-state index contributed by atoms with van der Waals surface area (Å²) < 4.78 is 18.4. The molecule has 2 aliphatic carbocycles. The van der Waals surface area contributed by atoms with Gasteiger partial charge in [0.25, 0.3) is 0 Å². The highest BCUT2D eigenvalue weighted by atomic mass is 35.5. The molecule has 3 aromatic rings. The fraction of sp³-hybridized carbons (Fsp3) is 0.561. The molecule has 1 saturated heterocycles. The third-order valence-electron chi connectivity index (χ3n) is 9.87. The van der Waals surface area contributed by atoms with Crippen molar-refractivity contribution < 1.29 is 19.0 Å². The molecule has 0 radical (unpaired) electrons. The number of carbonyl (C=O) groups excluding carboxylic acids is 1. The number of benzene rings is 2. The molecule has 0 amide bonds. The number of halogens is 2. The highest BCUT2D eigenvalue weighted by Crippen LogP contribution is 2.53. The molecule has 2 aromatic carbocycles. The molecule has 3 fully saturated rings. The van der Waals surface area contributed by atoms with Crippen LogP contribution in [0.4, 0.5) is 0 Å². The number of esters is 1. The van der Waals surface area contributed by atoms with E-state index in [4.69, 9.17) is 37.4 Å². The van der Waals surface area contributed by atoms with E-state index in [1.54, 1.807) is 0 Å². The van der Waals surface area contributed by atoms with Crippen LogP contribution in [0.25, 0.3) is 11.1 Å². The Bertz CT molecular complexity index is 1610. The summed E-state index contributed by atoms with van der Waals surface area (Å²) in [5.41, 5.74) is 4.47. The molecule has 2 saturated carbocycles. The monoisotopic (exact) mass is 736 g/mol. The van der Waals surface area contributed by atoms with Crippen LogP contribution in [0.2, 0.25) is 10.0 Å². The minimum atomic E-state index is -0.431. The van der Waals surface area contributed by atoms with E-state index in [1.165, 1.54) is 0 Å². The third kappa shape index (κ3) is 11.1. The highest BCUT2D eigenvalue weighted by Gasteiger charge is 2.48. The number of hydrogen-bond donors (Lipinski definition) is 1. The van der Waals surface area contributed by atoms with Gasteiger partial charge in [-0.05, 0) is 113 Å². The first-order chi connectivity index (χ1) is 24.6. The van der Waals surface area contributed by atoms with Crippen LogP contribution in [0.5, 0.6) is 5.75 Å². The summed E-state index contributed by atoms with van der Waals surface area (Å²) in [4.78, 5) is 21.2. The number of nitrogens with one attached hydrogen (secondary N) is 1. The highest BCUT2D eigenvalue weighted by molar-refractivity contribution is 6.34. The zero-order valence-electron chi connectivity index (χ0n) is 30.5. The van der Waals surface area contributed by atoms with Gasteiger partial charge in [-0.3, -0.25) is 19.6 Å². The van der Waals surface area contributed by atoms with Gasteiger partial charge >= 0.3 is 5.97 Å². The van der Waals surface area contributed by atoms with Crippen LogP contribution in [0.3, 0.4) is 0 Å². The Morgan fingerprint density at radius 2 is 1.65 bits per heavy atom. The van der Waals surface area contributed by atoms with Gasteiger partial charge < -0.3 is 19.5 Å². The van der Waals surface area contributed by atoms with E-state index in [2.05, 4.69) is 44.4 Å². The number of carbonyl (C=O) groups is 1. The zero-order valence-corrected chi connectivity index (χ0v) is 32.0. The molecule has 8 nitrogen and oxygen atoms in total. The second-order valence-electron chi connectivity index (χ2n) is 15.3. The summed E-state index contributed by atoms with van der Waals surface area (Å²) in [6, 6.07) is 14.4. The molecule has 276 valence electrons. The largest absolute Gasteiger partial charge is 0.490 e. The first kappa shape index (κ1) is 38.0. The molecule has 1 aromatic heterocycles. The second-order valence-corrected chi connectivity index (χ2v) is 16.1. The number of ether oxygens (including phenoxy) is 3. The standard InChI is InChI=1S/C41H54Cl2N4O4/c1-40(2,3)51-39(48)28-47-23-21-46(22-24-47)20-19-44-17-8-4-5-9-30-25-37(43)31(26-36(30)42)29-49-41(15-16-41)35-27-45-18-14-33(35)34-10-6-7-11-38(34)50-32-12-13-32/h6-7,10-11,14,18,25-27,32,44H,4-5,8-9,12-13,15-17,19-24,28-29H2,1-3H3. The maximum Gasteiger partial charge on any atom is 0.320 e. The molecule has 2 heterocycles. The van der Waals surface area contributed by atoms with Gasteiger partial charge in [-0.1, -0.05) is 47.8 Å². The lowest BCUT2D eigenvalue weighted by Gasteiger charge is -2.34. The summed E-state index contributed by atoms with van der Waals surface area (Å²) in [7, 11) is 0. The number of unbranched alkanes of at least 4 members (excludes halogenated alkanes) is 2. The maximum absolute atomic E-state index is 12.1. The molecule has 0 atom stereocenters. The molecule has 0 unspecified atom stereocenters. The molecule has 0 bridgehead atoms. The van der Waals surface area contributed by atoms with Crippen molar-refractivity contribution in [2.24, 2.45) is 0 Å². The van der Waals surface area contributed by atoms with E-state index in [0.29, 0.717) is 24.3 Å². The normalized spacial score (nSPS) is 17.7. The molecule has 3 aliphatic rings. The summed E-state index contributed by atoms with van der Waals surface area (Å²) in [6.45, 7) is 13.3. The Labute approximate surface area is 314 Å². The van der Waals surface area contributed by atoms with Gasteiger partial charge in [-0.25, -0.2) is 0 Å². The van der Waals surface area contributed by atoms with E-state index in [-0.39, 0.29) is 5.97 Å². The first-order valence-corrected chi connectivity index (χ1v) is 19.5. The minimum absolute atomic E-state index is 0.139. The van der Waals surface area contributed by atoms with Crippen molar-refractivity contribution in [1.82, 2.24) is 20.1 Å². The van der Waals surface area contributed by atoms with Gasteiger partial charge in [0.05, 0.1) is 24.9 Å². The molecule has 10 heteroatoms. The lowest BCUT2D eigenvalue weighted by molar-refractivity contribution is -0.156. The second kappa shape index (κ2) is 17.4. The Morgan fingerprint density at radius 3 is 2.39 bits per heavy atom. The van der Waals surface area contributed by atoms with Crippen molar-refractivity contribution in [3.63, 3.8) is 0 Å². The number of pyridine rings is 1. The van der Waals surface area contributed by atoms with E-state index in [1.807, 2.05) is 51.4 Å². The van der Waals surface area contributed by atoms with Gasteiger partial charge in [0.1, 0.15) is 11.4 Å². The summed E-state index contributed by atoms with van der Waals surface area (Å²) in [5.74, 6) is 0.782. The summed E-state index contributed by atoms with van der Waals surface area (Å²) >= 11 is 13.6. The zero-order chi connectivity index (χ0) is 35.8. The van der Waals surface area contributed by atoms with E-state index < -0.39 is 11.2 Å². The lowest BCUT2D eigenvalue weighted by Crippen LogP contribution is -2.49. The molecule has 1 N–H and O–H groups in total. The number of rotatable bonds is 18. The molecular weight excluding hydrogens is 683 g/mol. The Morgan fingerprint density at radius 1 is 0.922 bits per heavy atom. The minimum Gasteiger partial charge on any atom is -0.490 e. The fourth-order valence-corrected chi connectivity index (χ4v) is 7.26. The van der Waals surface area contributed by atoms with Crippen LogP contribution in [0.15, 0.2) is 54.9 Å². The molecule has 1 aliphatic heterocycles. The summed E-state index contributed by atoms with van der Waals surface area (Å²) in [6.07, 6.45) is 12.4. The quantitative estimate of drug-likeness (QED) is 0.104. The van der Waals surface area contributed by atoms with Crippen molar-refractivity contribution in [3.05, 3.63) is 81.6 Å². The van der Waals surface area contributed by atoms with Crippen LogP contribution in [0, 0.1) is 0 Å². The van der Waals surface area contributed by atoms with Crippen molar-refractivity contribution in [2.75, 3.05) is 52.4 Å². The predicted octanol–water partition coefficient (Wildman–Crippen LogP) is 8.06. The third-order valence-corrected chi connectivity index (χ3v) is 10.6. The van der Waals surface area contributed by atoms with Crippen LogP contribution < -0.4 is 10.1 Å². The average molecular weight is 738 g/mol. The van der Waals surface area contributed by atoms with Crippen LogP contribution in [0.1, 0.15) is 82.4 Å². The van der Waals surface area contributed by atoms with E-state index in [0.717, 1.165) is 136 Å². The van der Waals surface area contributed by atoms with Crippen LogP contribution in [-0.4, -0.2) is 84.8 Å². The number of aryl methyl sites for hydroxylation is 1. The Kier molecular flexibility index (Phi) is 13.0. The smallest absolute Gasteiger partial charge is 0.320 e. The van der Waals surface area contributed by atoms with Crippen LogP contribution >= 0.6 is 23.2 Å². The number of piperazine rings is 1. The van der Waals surface area contributed by atoms with Gasteiger partial charge in [0.15, 0.2) is 0 Å². The molecule has 6 rings (SSSR count).